The molecule has 1 fully saturated rings. The first-order valence-electron chi connectivity index (χ1n) is 7.06. The molecule has 1 aliphatic rings. The summed E-state index contributed by atoms with van der Waals surface area (Å²) >= 11 is 0. The van der Waals surface area contributed by atoms with Gasteiger partial charge in [-0.1, -0.05) is 26.3 Å². The molecule has 21 heavy (non-hydrogen) atoms. The molecule has 0 aliphatic heterocycles. The van der Waals surface area contributed by atoms with E-state index in [0.29, 0.717) is 12.8 Å². The van der Waals surface area contributed by atoms with Crippen LogP contribution in [0.5, 0.6) is 0 Å². The fourth-order valence-corrected chi connectivity index (χ4v) is 3.40. The first kappa shape index (κ1) is 17.2. The van der Waals surface area contributed by atoms with E-state index in [0.717, 1.165) is 6.08 Å². The first-order valence-corrected chi connectivity index (χ1v) is 7.06. The average molecular weight is 298 g/mol. The van der Waals surface area contributed by atoms with Gasteiger partial charge in [0.25, 0.3) is 0 Å². The molecule has 2 N–H and O–H groups in total. The van der Waals surface area contributed by atoms with Crippen molar-refractivity contribution in [1.82, 2.24) is 0 Å². The van der Waals surface area contributed by atoms with Crippen LogP contribution in [0.2, 0.25) is 0 Å². The van der Waals surface area contributed by atoms with Crippen molar-refractivity contribution < 1.29 is 29.3 Å². The molecule has 0 aromatic heterocycles. The van der Waals surface area contributed by atoms with Crippen molar-refractivity contribution in [3.63, 3.8) is 0 Å². The minimum absolute atomic E-state index is 0.175. The van der Waals surface area contributed by atoms with Crippen molar-refractivity contribution in [2.24, 2.45) is 10.8 Å². The summed E-state index contributed by atoms with van der Waals surface area (Å²) in [6, 6.07) is 0. The Kier molecular flexibility index (Phi) is 5.15. The molecule has 3 atom stereocenters. The maximum absolute atomic E-state index is 12.0. The van der Waals surface area contributed by atoms with Crippen LogP contribution in [-0.2, 0) is 19.1 Å². The topological polar surface area (TPSA) is 101 Å². The van der Waals surface area contributed by atoms with Gasteiger partial charge in [0.2, 0.25) is 0 Å². The molecule has 1 rings (SSSR count). The highest BCUT2D eigenvalue weighted by atomic mass is 16.5. The summed E-state index contributed by atoms with van der Waals surface area (Å²) in [5.74, 6) is -3.13. The van der Waals surface area contributed by atoms with Gasteiger partial charge in [-0.25, -0.2) is 4.79 Å². The van der Waals surface area contributed by atoms with Crippen molar-refractivity contribution in [2.45, 2.75) is 52.1 Å². The molecule has 6 nitrogen and oxygen atoms in total. The van der Waals surface area contributed by atoms with Crippen LogP contribution in [0.4, 0.5) is 0 Å². The second-order valence-corrected chi connectivity index (χ2v) is 5.66. The van der Waals surface area contributed by atoms with E-state index in [1.54, 1.807) is 6.92 Å². The minimum Gasteiger partial charge on any atom is -0.481 e. The van der Waals surface area contributed by atoms with Crippen molar-refractivity contribution in [2.75, 3.05) is 0 Å². The Morgan fingerprint density at radius 3 is 2.24 bits per heavy atom. The summed E-state index contributed by atoms with van der Waals surface area (Å²) in [6.45, 7) is 6.41. The third-order valence-electron chi connectivity index (χ3n) is 4.68. The quantitative estimate of drug-likeness (QED) is 0.576. The van der Waals surface area contributed by atoms with Crippen molar-refractivity contribution in [3.8, 4) is 0 Å². The molecule has 0 spiro atoms. The molecule has 0 radical (unpaired) electrons. The third kappa shape index (κ3) is 2.66. The average Bonchev–Trinajstić information content (AvgIpc) is 2.44. The third-order valence-corrected chi connectivity index (χ3v) is 4.68. The number of rotatable bonds is 6. The number of hydrogen-bond donors (Lipinski definition) is 2. The van der Waals surface area contributed by atoms with Crippen LogP contribution in [0.25, 0.3) is 0 Å². The molecule has 0 amide bonds. The predicted molar refractivity (Wildman–Crippen MR) is 74.6 cm³/mol. The maximum atomic E-state index is 12.0. The van der Waals surface area contributed by atoms with E-state index >= 15 is 0 Å². The van der Waals surface area contributed by atoms with Crippen LogP contribution in [0.15, 0.2) is 12.7 Å². The van der Waals surface area contributed by atoms with Gasteiger partial charge >= 0.3 is 17.9 Å². The number of ether oxygens (including phenoxy) is 1. The van der Waals surface area contributed by atoms with Gasteiger partial charge in [-0.2, -0.15) is 0 Å². The fraction of sp³-hybridized carbons (Fsp3) is 0.667. The molecule has 0 bridgehead atoms. The number of carbonyl (C=O) groups is 3. The smallest absolute Gasteiger partial charge is 0.330 e. The molecule has 1 saturated carbocycles. The van der Waals surface area contributed by atoms with Gasteiger partial charge in [-0.05, 0) is 26.2 Å². The van der Waals surface area contributed by atoms with Gasteiger partial charge in [0, 0.05) is 6.08 Å². The molecule has 0 aromatic carbocycles. The zero-order valence-electron chi connectivity index (χ0n) is 12.4. The lowest BCUT2D eigenvalue weighted by Gasteiger charge is -2.49. The molecule has 0 aromatic rings. The van der Waals surface area contributed by atoms with Crippen molar-refractivity contribution in [3.05, 3.63) is 12.7 Å². The second kappa shape index (κ2) is 6.28. The van der Waals surface area contributed by atoms with Crippen molar-refractivity contribution >= 4 is 17.9 Å². The summed E-state index contributed by atoms with van der Waals surface area (Å²) in [6.07, 6.45) is 1.85. The monoisotopic (exact) mass is 298 g/mol. The number of carboxylic acids is 2. The Bertz CT molecular complexity index is 457. The van der Waals surface area contributed by atoms with E-state index < -0.39 is 34.8 Å². The van der Waals surface area contributed by atoms with Gasteiger partial charge in [0.05, 0.1) is 5.41 Å². The Hall–Kier alpha value is -1.85. The fourth-order valence-electron chi connectivity index (χ4n) is 3.40. The van der Waals surface area contributed by atoms with E-state index in [1.807, 2.05) is 0 Å². The van der Waals surface area contributed by atoms with Crippen LogP contribution < -0.4 is 0 Å². The predicted octanol–water partition coefficient (Wildman–Crippen LogP) is 2.23. The number of hydrogen-bond acceptors (Lipinski definition) is 4. The van der Waals surface area contributed by atoms with E-state index in [2.05, 4.69) is 6.58 Å². The molecule has 0 heterocycles. The van der Waals surface area contributed by atoms with Gasteiger partial charge < -0.3 is 14.9 Å². The molecule has 1 aliphatic carbocycles. The summed E-state index contributed by atoms with van der Waals surface area (Å²) in [5.41, 5.74) is -3.09. The van der Waals surface area contributed by atoms with Gasteiger partial charge in [-0.3, -0.25) is 9.59 Å². The van der Waals surface area contributed by atoms with Crippen LogP contribution in [0, 0.1) is 10.8 Å². The zero-order valence-corrected chi connectivity index (χ0v) is 12.4. The lowest BCUT2D eigenvalue weighted by molar-refractivity contribution is -0.198. The van der Waals surface area contributed by atoms with Crippen LogP contribution >= 0.6 is 0 Å². The summed E-state index contributed by atoms with van der Waals surface area (Å²) in [4.78, 5) is 35.2. The van der Waals surface area contributed by atoms with E-state index in [-0.39, 0.29) is 19.3 Å². The number of aliphatic carboxylic acids is 2. The van der Waals surface area contributed by atoms with Crippen molar-refractivity contribution in [1.29, 1.82) is 0 Å². The van der Waals surface area contributed by atoms with E-state index in [4.69, 9.17) is 4.74 Å². The Morgan fingerprint density at radius 2 is 1.81 bits per heavy atom. The molecule has 6 heteroatoms. The van der Waals surface area contributed by atoms with Gasteiger partial charge in [0.1, 0.15) is 11.5 Å². The van der Waals surface area contributed by atoms with Crippen LogP contribution in [0.1, 0.15) is 46.0 Å². The number of carboxylic acid groups (broad SMARTS) is 2. The number of carbonyl (C=O) groups excluding carboxylic acids is 1. The Balaban J connectivity index is 3.39. The summed E-state index contributed by atoms with van der Waals surface area (Å²) < 4.78 is 5.20. The zero-order chi connectivity index (χ0) is 16.3. The highest BCUT2D eigenvalue weighted by Gasteiger charge is 2.64. The highest BCUT2D eigenvalue weighted by molar-refractivity contribution is 5.88. The molecular weight excluding hydrogens is 276 g/mol. The normalized spacial score (nSPS) is 30.2. The molecular formula is C15H22O6. The maximum Gasteiger partial charge on any atom is 0.330 e. The van der Waals surface area contributed by atoms with Crippen LogP contribution in [-0.4, -0.2) is 34.2 Å². The van der Waals surface area contributed by atoms with Gasteiger partial charge in [-0.15, -0.1) is 0 Å². The molecule has 3 unspecified atom stereocenters. The minimum atomic E-state index is -1.62. The molecule has 118 valence electrons. The second-order valence-electron chi connectivity index (χ2n) is 5.66. The largest absolute Gasteiger partial charge is 0.481 e. The number of esters is 1. The standard InChI is InChI=1S/C15H22O6/c1-4-10(21-11(16)5-2)15(13(19)20)9-7-6-8-14(15,3)12(17)18/h5,10H,2,4,6-9H2,1,3H3,(H,17,18)(H,19,20). The summed E-state index contributed by atoms with van der Waals surface area (Å²) in [7, 11) is 0. The first-order chi connectivity index (χ1) is 9.76. The highest BCUT2D eigenvalue weighted by Crippen LogP contribution is 2.54. The Morgan fingerprint density at radius 1 is 1.24 bits per heavy atom. The lowest BCUT2D eigenvalue weighted by Crippen LogP contribution is -2.59. The van der Waals surface area contributed by atoms with Crippen LogP contribution in [0.3, 0.4) is 0 Å². The van der Waals surface area contributed by atoms with E-state index in [1.165, 1.54) is 6.92 Å². The Labute approximate surface area is 123 Å². The van der Waals surface area contributed by atoms with Gasteiger partial charge in [0.15, 0.2) is 0 Å². The van der Waals surface area contributed by atoms with E-state index in [9.17, 15) is 24.6 Å². The molecule has 0 saturated heterocycles. The summed E-state index contributed by atoms with van der Waals surface area (Å²) in [5, 5.41) is 19.4. The SMILES string of the molecule is C=CC(=O)OC(CC)C1(C(=O)O)CCCCC1(C)C(=O)O. The lowest BCUT2D eigenvalue weighted by atomic mass is 9.53.